The van der Waals surface area contributed by atoms with Crippen molar-refractivity contribution in [2.45, 2.75) is 27.6 Å². The minimum absolute atomic E-state index is 0.188. The molecule has 1 aliphatic heterocycles. The molecule has 0 bridgehead atoms. The first kappa shape index (κ1) is 11.3. The lowest BCUT2D eigenvalue weighted by molar-refractivity contribution is 0.293. The SMILES string of the molecule is OCC1CCC(Sc2ccc(F)cc2)S1. The molecule has 1 saturated heterocycles. The van der Waals surface area contributed by atoms with E-state index in [1.807, 2.05) is 23.9 Å². The minimum atomic E-state index is -0.188. The summed E-state index contributed by atoms with van der Waals surface area (Å²) in [5, 5.41) is 9.40. The normalized spacial score (nSPS) is 25.7. The van der Waals surface area contributed by atoms with Crippen LogP contribution in [0, 0.1) is 5.82 Å². The van der Waals surface area contributed by atoms with E-state index in [9.17, 15) is 4.39 Å². The molecule has 0 spiro atoms. The second-order valence-electron chi connectivity index (χ2n) is 3.52. The molecule has 2 unspecified atom stereocenters. The van der Waals surface area contributed by atoms with Crippen LogP contribution in [0.3, 0.4) is 0 Å². The van der Waals surface area contributed by atoms with Crippen molar-refractivity contribution in [3.05, 3.63) is 30.1 Å². The second-order valence-corrected chi connectivity index (χ2v) is 6.60. The van der Waals surface area contributed by atoms with Gasteiger partial charge in [0.1, 0.15) is 5.82 Å². The van der Waals surface area contributed by atoms with Crippen LogP contribution >= 0.6 is 23.5 Å². The topological polar surface area (TPSA) is 20.2 Å². The predicted octanol–water partition coefficient (Wildman–Crippen LogP) is 3.13. The van der Waals surface area contributed by atoms with E-state index in [2.05, 4.69) is 0 Å². The van der Waals surface area contributed by atoms with Crippen LogP contribution in [0.25, 0.3) is 0 Å². The zero-order valence-corrected chi connectivity index (χ0v) is 9.86. The van der Waals surface area contributed by atoms with Gasteiger partial charge in [-0.3, -0.25) is 0 Å². The third kappa shape index (κ3) is 3.13. The van der Waals surface area contributed by atoms with Crippen LogP contribution in [0.15, 0.2) is 29.2 Å². The van der Waals surface area contributed by atoms with Gasteiger partial charge in [0.05, 0.1) is 11.2 Å². The van der Waals surface area contributed by atoms with E-state index in [0.717, 1.165) is 17.7 Å². The third-order valence-electron chi connectivity index (χ3n) is 2.35. The zero-order chi connectivity index (χ0) is 10.7. The predicted molar refractivity (Wildman–Crippen MR) is 63.7 cm³/mol. The van der Waals surface area contributed by atoms with E-state index in [4.69, 9.17) is 5.11 Å². The highest BCUT2D eigenvalue weighted by atomic mass is 32.2. The Bertz CT molecular complexity index is 315. The van der Waals surface area contributed by atoms with Crippen LogP contribution in [-0.2, 0) is 0 Å². The molecule has 1 aromatic rings. The lowest BCUT2D eigenvalue weighted by Gasteiger charge is -2.09. The molecule has 2 rings (SSSR count). The van der Waals surface area contributed by atoms with E-state index in [1.54, 1.807) is 11.8 Å². The van der Waals surface area contributed by atoms with E-state index >= 15 is 0 Å². The average molecular weight is 244 g/mol. The Morgan fingerprint density at radius 3 is 2.67 bits per heavy atom. The van der Waals surface area contributed by atoms with Crippen LogP contribution < -0.4 is 0 Å². The monoisotopic (exact) mass is 244 g/mol. The fourth-order valence-electron chi connectivity index (χ4n) is 1.56. The van der Waals surface area contributed by atoms with Gasteiger partial charge in [-0.25, -0.2) is 4.39 Å². The van der Waals surface area contributed by atoms with Crippen LogP contribution in [0.1, 0.15) is 12.8 Å². The standard InChI is InChI=1S/C11H13FOS2/c12-8-1-3-9(4-2-8)14-11-6-5-10(7-13)15-11/h1-4,10-11,13H,5-7H2. The molecule has 1 aliphatic rings. The molecule has 0 amide bonds. The first-order chi connectivity index (χ1) is 7.28. The molecule has 0 radical (unpaired) electrons. The molecule has 0 aliphatic carbocycles. The highest BCUT2D eigenvalue weighted by Gasteiger charge is 2.25. The van der Waals surface area contributed by atoms with Gasteiger partial charge >= 0.3 is 0 Å². The quantitative estimate of drug-likeness (QED) is 0.882. The maximum atomic E-state index is 12.7. The van der Waals surface area contributed by atoms with Crippen LogP contribution in [-0.4, -0.2) is 21.5 Å². The molecule has 15 heavy (non-hydrogen) atoms. The molecule has 1 fully saturated rings. The van der Waals surface area contributed by atoms with Gasteiger partial charge in [-0.1, -0.05) is 0 Å². The van der Waals surface area contributed by atoms with Gasteiger partial charge in [-0.15, -0.1) is 23.5 Å². The Morgan fingerprint density at radius 2 is 2.07 bits per heavy atom. The summed E-state index contributed by atoms with van der Waals surface area (Å²) < 4.78 is 13.2. The smallest absolute Gasteiger partial charge is 0.123 e. The van der Waals surface area contributed by atoms with Crippen molar-refractivity contribution in [1.29, 1.82) is 0 Å². The summed E-state index contributed by atoms with van der Waals surface area (Å²) in [4.78, 5) is 1.10. The summed E-state index contributed by atoms with van der Waals surface area (Å²) >= 11 is 3.59. The summed E-state index contributed by atoms with van der Waals surface area (Å²) in [6, 6.07) is 6.61. The number of aliphatic hydroxyl groups is 1. The first-order valence-electron chi connectivity index (χ1n) is 4.96. The lowest BCUT2D eigenvalue weighted by Crippen LogP contribution is -2.01. The van der Waals surface area contributed by atoms with Gasteiger partial charge in [0.25, 0.3) is 0 Å². The fourth-order valence-corrected chi connectivity index (χ4v) is 4.50. The Kier molecular flexibility index (Phi) is 3.94. The van der Waals surface area contributed by atoms with Crippen LogP contribution in [0.4, 0.5) is 4.39 Å². The molecule has 1 aromatic carbocycles. The summed E-state index contributed by atoms with van der Waals surface area (Å²) in [6.45, 7) is 0.269. The van der Waals surface area contributed by atoms with Gasteiger partial charge < -0.3 is 5.11 Å². The van der Waals surface area contributed by atoms with Crippen molar-refractivity contribution < 1.29 is 9.50 Å². The number of halogens is 1. The van der Waals surface area contributed by atoms with E-state index in [-0.39, 0.29) is 12.4 Å². The summed E-state index contributed by atoms with van der Waals surface area (Å²) in [7, 11) is 0. The number of benzene rings is 1. The molecular weight excluding hydrogens is 231 g/mol. The molecule has 0 aromatic heterocycles. The summed E-state index contributed by atoms with van der Waals surface area (Å²) in [5.41, 5.74) is 0. The van der Waals surface area contributed by atoms with Gasteiger partial charge in [-0.05, 0) is 37.1 Å². The molecular formula is C11H13FOS2. The third-order valence-corrected chi connectivity index (χ3v) is 5.33. The maximum Gasteiger partial charge on any atom is 0.123 e. The van der Waals surface area contributed by atoms with E-state index in [1.165, 1.54) is 12.1 Å². The fraction of sp³-hybridized carbons (Fsp3) is 0.455. The zero-order valence-electron chi connectivity index (χ0n) is 8.23. The number of hydrogen-bond acceptors (Lipinski definition) is 3. The first-order valence-corrected chi connectivity index (χ1v) is 6.79. The molecule has 4 heteroatoms. The Labute approximate surface area is 97.5 Å². The maximum absolute atomic E-state index is 12.7. The van der Waals surface area contributed by atoms with Gasteiger partial charge in [0.2, 0.25) is 0 Å². The van der Waals surface area contributed by atoms with E-state index < -0.39 is 0 Å². The summed E-state index contributed by atoms with van der Waals surface area (Å²) in [6.07, 6.45) is 2.21. The highest BCUT2D eigenvalue weighted by Crippen LogP contribution is 2.42. The molecule has 0 saturated carbocycles. The van der Waals surface area contributed by atoms with E-state index in [0.29, 0.717) is 9.83 Å². The molecule has 2 atom stereocenters. The van der Waals surface area contributed by atoms with Gasteiger partial charge in [0.15, 0.2) is 0 Å². The lowest BCUT2D eigenvalue weighted by atomic mass is 10.3. The van der Waals surface area contributed by atoms with Crippen LogP contribution in [0.2, 0.25) is 0 Å². The van der Waals surface area contributed by atoms with Crippen molar-refractivity contribution >= 4 is 23.5 Å². The number of hydrogen-bond donors (Lipinski definition) is 1. The number of thioether (sulfide) groups is 2. The van der Waals surface area contributed by atoms with Crippen molar-refractivity contribution in [1.82, 2.24) is 0 Å². The van der Waals surface area contributed by atoms with Crippen molar-refractivity contribution in [2.75, 3.05) is 6.61 Å². The van der Waals surface area contributed by atoms with Gasteiger partial charge in [-0.2, -0.15) is 0 Å². The number of rotatable bonds is 3. The molecule has 1 heterocycles. The largest absolute Gasteiger partial charge is 0.395 e. The Balaban J connectivity index is 1.90. The Hall–Kier alpha value is -0.190. The highest BCUT2D eigenvalue weighted by molar-refractivity contribution is 8.17. The van der Waals surface area contributed by atoms with Crippen molar-refractivity contribution in [3.8, 4) is 0 Å². The molecule has 82 valence electrons. The molecule has 1 nitrogen and oxygen atoms in total. The van der Waals surface area contributed by atoms with Crippen LogP contribution in [0.5, 0.6) is 0 Å². The molecule has 1 N–H and O–H groups in total. The number of aliphatic hydroxyl groups excluding tert-OH is 1. The Morgan fingerprint density at radius 1 is 1.33 bits per heavy atom. The van der Waals surface area contributed by atoms with Crippen molar-refractivity contribution in [3.63, 3.8) is 0 Å². The average Bonchev–Trinajstić information content (AvgIpc) is 2.69. The second kappa shape index (κ2) is 5.23. The summed E-state index contributed by atoms with van der Waals surface area (Å²) in [5.74, 6) is -0.188. The minimum Gasteiger partial charge on any atom is -0.395 e. The van der Waals surface area contributed by atoms with Gasteiger partial charge in [0, 0.05) is 10.1 Å². The van der Waals surface area contributed by atoms with Crippen molar-refractivity contribution in [2.24, 2.45) is 0 Å².